The van der Waals surface area contributed by atoms with Gasteiger partial charge in [-0.05, 0) is 55.5 Å². The van der Waals surface area contributed by atoms with Gasteiger partial charge in [0.15, 0.2) is 11.5 Å². The average Bonchev–Trinajstić information content (AvgIpc) is 2.84. The Balaban J connectivity index is 1.34. The molecule has 1 aliphatic rings. The van der Waals surface area contributed by atoms with Crippen molar-refractivity contribution in [1.29, 1.82) is 0 Å². The van der Waals surface area contributed by atoms with Crippen molar-refractivity contribution in [3.8, 4) is 17.2 Å². The van der Waals surface area contributed by atoms with E-state index in [2.05, 4.69) is 4.72 Å². The summed E-state index contributed by atoms with van der Waals surface area (Å²) in [6, 6.07) is 18.5. The van der Waals surface area contributed by atoms with Crippen molar-refractivity contribution in [3.05, 3.63) is 77.9 Å². The molecular weight excluding hydrogens is 456 g/mol. The summed E-state index contributed by atoms with van der Waals surface area (Å²) in [5, 5.41) is 0. The van der Waals surface area contributed by atoms with Crippen molar-refractivity contribution < 1.29 is 27.4 Å². The predicted molar refractivity (Wildman–Crippen MR) is 128 cm³/mol. The largest absolute Gasteiger partial charge is 0.492 e. The van der Waals surface area contributed by atoms with E-state index in [1.807, 2.05) is 31.2 Å². The summed E-state index contributed by atoms with van der Waals surface area (Å²) in [6.45, 7) is 3.57. The lowest BCUT2D eigenvalue weighted by Crippen LogP contribution is -2.30. The Morgan fingerprint density at radius 2 is 1.65 bits per heavy atom. The zero-order valence-electron chi connectivity index (χ0n) is 19.0. The number of carbonyl (C=O) groups excluding carboxylic acids is 1. The van der Waals surface area contributed by atoms with Crippen molar-refractivity contribution in [1.82, 2.24) is 4.90 Å². The second-order valence-corrected chi connectivity index (χ2v) is 9.56. The molecule has 1 amide bonds. The highest BCUT2D eigenvalue weighted by Crippen LogP contribution is 2.32. The van der Waals surface area contributed by atoms with E-state index in [-0.39, 0.29) is 10.8 Å². The Bertz CT molecular complexity index is 1260. The highest BCUT2D eigenvalue weighted by Gasteiger charge is 2.20. The van der Waals surface area contributed by atoms with Crippen LogP contribution in [0.1, 0.15) is 15.9 Å². The van der Waals surface area contributed by atoms with Crippen molar-refractivity contribution >= 4 is 21.6 Å². The van der Waals surface area contributed by atoms with Crippen LogP contribution in [0.15, 0.2) is 71.6 Å². The van der Waals surface area contributed by atoms with Gasteiger partial charge >= 0.3 is 0 Å². The first-order chi connectivity index (χ1) is 16.3. The average molecular weight is 483 g/mol. The molecule has 0 spiro atoms. The number of sulfonamides is 1. The van der Waals surface area contributed by atoms with Crippen LogP contribution in [0.5, 0.6) is 17.2 Å². The van der Waals surface area contributed by atoms with Crippen molar-refractivity contribution in [3.63, 3.8) is 0 Å². The molecule has 3 aromatic carbocycles. The second kappa shape index (κ2) is 10.0. The number of hydrogen-bond donors (Lipinski definition) is 1. The van der Waals surface area contributed by atoms with Crippen LogP contribution >= 0.6 is 0 Å². The molecule has 3 aromatic rings. The van der Waals surface area contributed by atoms with Crippen LogP contribution in [-0.4, -0.2) is 52.6 Å². The fourth-order valence-electron chi connectivity index (χ4n) is 3.34. The molecule has 4 rings (SSSR count). The van der Waals surface area contributed by atoms with Crippen LogP contribution < -0.4 is 18.9 Å². The van der Waals surface area contributed by atoms with E-state index in [1.165, 1.54) is 12.1 Å². The van der Waals surface area contributed by atoms with Crippen LogP contribution in [0.3, 0.4) is 0 Å². The maximum Gasteiger partial charge on any atom is 0.262 e. The molecule has 0 fully saturated rings. The van der Waals surface area contributed by atoms with Crippen LogP contribution in [0.4, 0.5) is 5.69 Å². The lowest BCUT2D eigenvalue weighted by molar-refractivity contribution is 0.0774. The maximum atomic E-state index is 12.8. The zero-order valence-corrected chi connectivity index (χ0v) is 19.8. The summed E-state index contributed by atoms with van der Waals surface area (Å²) in [7, 11) is -2.14. The van der Waals surface area contributed by atoms with Gasteiger partial charge in [-0.25, -0.2) is 8.42 Å². The minimum absolute atomic E-state index is 0.0604. The van der Waals surface area contributed by atoms with E-state index in [0.717, 1.165) is 11.3 Å². The molecular formula is C25H26N2O6S. The number of carbonyl (C=O) groups is 1. The topological polar surface area (TPSA) is 94.2 Å². The van der Waals surface area contributed by atoms with Gasteiger partial charge in [0.05, 0.1) is 11.4 Å². The first kappa shape index (κ1) is 23.4. The number of nitrogens with zero attached hydrogens (tertiary/aromatic N) is 1. The molecule has 0 bridgehead atoms. The minimum Gasteiger partial charge on any atom is -0.492 e. The van der Waals surface area contributed by atoms with Gasteiger partial charge in [0.2, 0.25) is 0 Å². The number of aryl methyl sites for hydroxylation is 1. The number of fused-ring (bicyclic) bond motifs is 1. The summed E-state index contributed by atoms with van der Waals surface area (Å²) in [6.07, 6.45) is 0. The molecule has 0 radical (unpaired) electrons. The molecule has 0 unspecified atom stereocenters. The van der Waals surface area contributed by atoms with E-state index >= 15 is 0 Å². The fraction of sp³-hybridized carbons (Fsp3) is 0.240. The molecule has 0 saturated heterocycles. The van der Waals surface area contributed by atoms with Crippen LogP contribution in [0.25, 0.3) is 0 Å². The summed E-state index contributed by atoms with van der Waals surface area (Å²) in [5.74, 6) is 1.47. The van der Waals surface area contributed by atoms with Crippen molar-refractivity contribution in [2.75, 3.05) is 38.1 Å². The molecule has 0 atom stereocenters. The highest BCUT2D eigenvalue weighted by molar-refractivity contribution is 7.92. The molecule has 8 nitrogen and oxygen atoms in total. The van der Waals surface area contributed by atoms with Crippen LogP contribution in [0, 0.1) is 6.92 Å². The minimum atomic E-state index is -3.83. The second-order valence-electron chi connectivity index (χ2n) is 7.88. The molecule has 1 heterocycles. The van der Waals surface area contributed by atoms with Gasteiger partial charge in [-0.3, -0.25) is 9.52 Å². The van der Waals surface area contributed by atoms with Gasteiger partial charge in [0.1, 0.15) is 25.6 Å². The summed E-state index contributed by atoms with van der Waals surface area (Å²) in [4.78, 5) is 14.3. The van der Waals surface area contributed by atoms with Gasteiger partial charge in [0.25, 0.3) is 15.9 Å². The van der Waals surface area contributed by atoms with E-state index in [0.29, 0.717) is 49.1 Å². The summed E-state index contributed by atoms with van der Waals surface area (Å²) in [5.41, 5.74) is 1.94. The van der Waals surface area contributed by atoms with Crippen molar-refractivity contribution in [2.24, 2.45) is 0 Å². The first-order valence-electron chi connectivity index (χ1n) is 10.8. The smallest absolute Gasteiger partial charge is 0.262 e. The van der Waals surface area contributed by atoms with E-state index in [9.17, 15) is 13.2 Å². The number of ether oxygens (including phenoxy) is 3. The van der Waals surface area contributed by atoms with Crippen molar-refractivity contribution in [2.45, 2.75) is 11.8 Å². The summed E-state index contributed by atoms with van der Waals surface area (Å²) >= 11 is 0. The molecule has 34 heavy (non-hydrogen) atoms. The Labute approximate surface area is 199 Å². The number of rotatable bonds is 8. The molecule has 9 heteroatoms. The normalized spacial score (nSPS) is 12.6. The van der Waals surface area contributed by atoms with Crippen LogP contribution in [0.2, 0.25) is 0 Å². The number of nitrogens with one attached hydrogen (secondary N) is 1. The number of likely N-dealkylation sites (N-methyl/N-ethyl adjacent to an activating group) is 1. The molecule has 0 aromatic heterocycles. The fourth-order valence-corrected chi connectivity index (χ4v) is 4.42. The zero-order chi connectivity index (χ0) is 24.1. The first-order valence-corrected chi connectivity index (χ1v) is 12.3. The Morgan fingerprint density at radius 3 is 2.35 bits per heavy atom. The third-order valence-electron chi connectivity index (χ3n) is 5.27. The lowest BCUT2D eigenvalue weighted by Gasteiger charge is -2.19. The lowest BCUT2D eigenvalue weighted by atomic mass is 10.2. The van der Waals surface area contributed by atoms with E-state index in [1.54, 1.807) is 42.3 Å². The van der Waals surface area contributed by atoms with Gasteiger partial charge in [0, 0.05) is 24.4 Å². The molecule has 1 N–H and O–H groups in total. The van der Waals surface area contributed by atoms with Gasteiger partial charge in [-0.15, -0.1) is 0 Å². The Kier molecular flexibility index (Phi) is 6.93. The summed E-state index contributed by atoms with van der Waals surface area (Å²) < 4.78 is 44.6. The van der Waals surface area contributed by atoms with E-state index in [4.69, 9.17) is 14.2 Å². The molecule has 0 saturated carbocycles. The maximum absolute atomic E-state index is 12.8. The monoisotopic (exact) mass is 482 g/mol. The van der Waals surface area contributed by atoms with Gasteiger partial charge in [-0.1, -0.05) is 17.7 Å². The number of hydrogen-bond acceptors (Lipinski definition) is 6. The standard InChI is InChI=1S/C25H26N2O6S/c1-18-3-9-21(10-4-18)31-14-13-27(2)25(28)19-5-7-20(8-6-19)26-34(29,30)22-11-12-23-24(17-22)33-16-15-32-23/h3-12,17,26H,13-16H2,1-2H3. The van der Waals surface area contributed by atoms with Crippen LogP contribution in [-0.2, 0) is 10.0 Å². The third-order valence-corrected chi connectivity index (χ3v) is 6.65. The predicted octanol–water partition coefficient (Wildman–Crippen LogP) is 3.72. The Hall–Kier alpha value is -3.72. The van der Waals surface area contributed by atoms with E-state index < -0.39 is 10.0 Å². The SMILES string of the molecule is Cc1ccc(OCCN(C)C(=O)c2ccc(NS(=O)(=O)c3ccc4c(c3)OCCO4)cc2)cc1. The van der Waals surface area contributed by atoms with Gasteiger partial charge < -0.3 is 19.1 Å². The molecule has 178 valence electrons. The molecule has 1 aliphatic heterocycles. The third kappa shape index (κ3) is 5.60. The molecule has 0 aliphatic carbocycles. The van der Waals surface area contributed by atoms with Gasteiger partial charge in [-0.2, -0.15) is 0 Å². The number of amides is 1. The quantitative estimate of drug-likeness (QED) is 0.526. The Morgan fingerprint density at radius 1 is 0.971 bits per heavy atom. The number of anilines is 1. The number of benzene rings is 3. The highest BCUT2D eigenvalue weighted by atomic mass is 32.2.